The fourth-order valence-corrected chi connectivity index (χ4v) is 8.30. The second-order valence-corrected chi connectivity index (χ2v) is 14.9. The summed E-state index contributed by atoms with van der Waals surface area (Å²) in [5, 5.41) is 12.9. The molecule has 13 heteroatoms. The summed E-state index contributed by atoms with van der Waals surface area (Å²) in [5.41, 5.74) is 8.57. The van der Waals surface area contributed by atoms with Crippen molar-refractivity contribution in [2.45, 2.75) is 53.5 Å². The number of carbonyl (C=O) groups is 2. The summed E-state index contributed by atoms with van der Waals surface area (Å²) in [6.07, 6.45) is 2.69. The molecule has 1 amide bonds. The Morgan fingerprint density at radius 2 is 1.58 bits per heavy atom. The number of rotatable bonds is 12. The van der Waals surface area contributed by atoms with E-state index in [1.54, 1.807) is 42.1 Å². The molecule has 1 N–H and O–H groups in total. The number of anilines is 1. The van der Waals surface area contributed by atoms with Crippen molar-refractivity contribution in [2.24, 2.45) is 7.05 Å². The summed E-state index contributed by atoms with van der Waals surface area (Å²) in [7, 11) is 3.29. The van der Waals surface area contributed by atoms with Gasteiger partial charge in [0.25, 0.3) is 5.91 Å². The lowest BCUT2D eigenvalue weighted by atomic mass is 9.97. The monoisotopic (exact) mass is 783 g/mol. The SMILES string of the molecule is COCCOc1cc(N2C[C@@H](C)n3c(c(CCCOc4cc(C)c(Cl)c(C)c4)c4ccc(Cl)c(-c5c(C)ncnc5C)c43)C2=O)c2c(c1)cc(C(=O)O)n2C. The summed E-state index contributed by atoms with van der Waals surface area (Å²) in [4.78, 5) is 38.4. The molecule has 0 saturated heterocycles. The first-order valence-corrected chi connectivity index (χ1v) is 18.9. The highest BCUT2D eigenvalue weighted by Crippen LogP contribution is 2.46. The molecule has 0 bridgehead atoms. The third-order valence-corrected chi connectivity index (χ3v) is 11.3. The normalized spacial score (nSPS) is 14.2. The van der Waals surface area contributed by atoms with Crippen LogP contribution in [0.3, 0.4) is 0 Å². The van der Waals surface area contributed by atoms with E-state index in [2.05, 4.69) is 21.5 Å². The maximum Gasteiger partial charge on any atom is 0.352 e. The molecule has 0 radical (unpaired) electrons. The number of amides is 1. The number of nitrogens with zero attached hydrogens (tertiary/aromatic N) is 5. The van der Waals surface area contributed by atoms with Crippen LogP contribution in [-0.2, 0) is 18.2 Å². The number of hydrogen-bond acceptors (Lipinski definition) is 7. The second-order valence-electron chi connectivity index (χ2n) is 14.1. The zero-order valence-corrected chi connectivity index (χ0v) is 33.4. The number of carboxylic acid groups (broad SMARTS) is 1. The second kappa shape index (κ2) is 15.2. The van der Waals surface area contributed by atoms with Crippen molar-refractivity contribution in [3.05, 3.63) is 98.3 Å². The van der Waals surface area contributed by atoms with E-state index in [-0.39, 0.29) is 24.2 Å². The molecule has 1 atom stereocenters. The molecular formula is C42H43Cl2N5O6. The smallest absolute Gasteiger partial charge is 0.352 e. The zero-order chi connectivity index (χ0) is 39.3. The van der Waals surface area contributed by atoms with Crippen molar-refractivity contribution in [3.8, 4) is 22.6 Å². The van der Waals surface area contributed by atoms with Crippen LogP contribution in [0.4, 0.5) is 5.69 Å². The molecule has 0 saturated carbocycles. The number of hydrogen-bond donors (Lipinski definition) is 1. The molecule has 7 rings (SSSR count). The van der Waals surface area contributed by atoms with Crippen molar-refractivity contribution in [1.82, 2.24) is 19.1 Å². The first-order valence-electron chi connectivity index (χ1n) is 18.2. The summed E-state index contributed by atoms with van der Waals surface area (Å²) in [6, 6.07) is 12.7. The fraction of sp³-hybridized carbons (Fsp3) is 0.333. The molecule has 286 valence electrons. The van der Waals surface area contributed by atoms with E-state index in [0.717, 1.165) is 60.9 Å². The Morgan fingerprint density at radius 3 is 2.25 bits per heavy atom. The highest BCUT2D eigenvalue weighted by molar-refractivity contribution is 6.35. The Labute approximate surface area is 329 Å². The van der Waals surface area contributed by atoms with E-state index in [1.807, 2.05) is 58.0 Å². The number of aryl methyl sites for hydroxylation is 6. The lowest BCUT2D eigenvalue weighted by Gasteiger charge is -2.35. The largest absolute Gasteiger partial charge is 0.494 e. The van der Waals surface area contributed by atoms with Gasteiger partial charge in [0.1, 0.15) is 35.8 Å². The Bertz CT molecular complexity index is 2460. The number of ether oxygens (including phenoxy) is 3. The highest BCUT2D eigenvalue weighted by Gasteiger charge is 2.38. The minimum Gasteiger partial charge on any atom is -0.494 e. The predicted molar refractivity (Wildman–Crippen MR) is 216 cm³/mol. The molecule has 55 heavy (non-hydrogen) atoms. The molecule has 3 aromatic carbocycles. The Hall–Kier alpha value is -5.10. The Kier molecular flexibility index (Phi) is 10.6. The Morgan fingerprint density at radius 1 is 0.909 bits per heavy atom. The summed E-state index contributed by atoms with van der Waals surface area (Å²) in [6.45, 7) is 11.2. The van der Waals surface area contributed by atoms with E-state index in [0.29, 0.717) is 65.7 Å². The van der Waals surface area contributed by atoms with E-state index in [1.165, 1.54) is 0 Å². The number of carboxylic acids is 1. The first-order chi connectivity index (χ1) is 26.3. The van der Waals surface area contributed by atoms with Crippen LogP contribution in [-0.4, -0.2) is 69.6 Å². The van der Waals surface area contributed by atoms with Gasteiger partial charge >= 0.3 is 5.97 Å². The zero-order valence-electron chi connectivity index (χ0n) is 31.9. The van der Waals surface area contributed by atoms with Crippen LogP contribution >= 0.6 is 23.2 Å². The van der Waals surface area contributed by atoms with Crippen molar-refractivity contribution < 1.29 is 28.9 Å². The summed E-state index contributed by atoms with van der Waals surface area (Å²) < 4.78 is 21.2. The topological polar surface area (TPSA) is 121 Å². The maximum atomic E-state index is 15.3. The molecule has 4 heterocycles. The molecular weight excluding hydrogens is 741 g/mol. The third kappa shape index (κ3) is 6.79. The number of carbonyl (C=O) groups excluding carboxylic acids is 1. The van der Waals surface area contributed by atoms with Crippen LogP contribution in [0.1, 0.15) is 68.4 Å². The minimum atomic E-state index is -1.07. The number of benzene rings is 3. The van der Waals surface area contributed by atoms with Gasteiger partial charge < -0.3 is 33.4 Å². The van der Waals surface area contributed by atoms with Gasteiger partial charge in [-0.1, -0.05) is 29.3 Å². The van der Waals surface area contributed by atoms with Crippen molar-refractivity contribution in [3.63, 3.8) is 0 Å². The van der Waals surface area contributed by atoms with Gasteiger partial charge in [-0.05, 0) is 94.5 Å². The molecule has 0 spiro atoms. The van der Waals surface area contributed by atoms with Crippen LogP contribution in [0.15, 0.2) is 48.8 Å². The average molecular weight is 785 g/mol. The molecule has 6 aromatic rings. The van der Waals surface area contributed by atoms with Crippen molar-refractivity contribution >= 4 is 62.6 Å². The highest BCUT2D eigenvalue weighted by atomic mass is 35.5. The summed E-state index contributed by atoms with van der Waals surface area (Å²) >= 11 is 13.5. The van der Waals surface area contributed by atoms with Gasteiger partial charge in [0.05, 0.1) is 35.0 Å². The number of halogens is 2. The van der Waals surface area contributed by atoms with Crippen LogP contribution in [0, 0.1) is 27.7 Å². The van der Waals surface area contributed by atoms with Gasteiger partial charge in [-0.15, -0.1) is 0 Å². The van der Waals surface area contributed by atoms with Gasteiger partial charge in [-0.2, -0.15) is 0 Å². The fourth-order valence-electron chi connectivity index (χ4n) is 7.95. The maximum absolute atomic E-state index is 15.3. The molecule has 3 aromatic heterocycles. The summed E-state index contributed by atoms with van der Waals surface area (Å²) in [5.74, 6) is -0.0495. The van der Waals surface area contributed by atoms with E-state index >= 15 is 4.79 Å². The molecule has 1 aliphatic rings. The van der Waals surface area contributed by atoms with E-state index in [4.69, 9.17) is 37.4 Å². The minimum absolute atomic E-state index is 0.0961. The first kappa shape index (κ1) is 38.2. The molecule has 1 aliphatic heterocycles. The van der Waals surface area contributed by atoms with E-state index < -0.39 is 5.97 Å². The van der Waals surface area contributed by atoms with Crippen LogP contribution in [0.5, 0.6) is 11.5 Å². The number of aromatic carboxylic acids is 1. The number of methoxy groups -OCH3 is 1. The number of fused-ring (bicyclic) bond motifs is 4. The van der Waals surface area contributed by atoms with Gasteiger partial charge in [0.2, 0.25) is 0 Å². The molecule has 0 unspecified atom stereocenters. The lowest BCUT2D eigenvalue weighted by Crippen LogP contribution is -2.43. The molecule has 0 aliphatic carbocycles. The molecule has 0 fully saturated rings. The number of aromatic nitrogens is 4. The van der Waals surface area contributed by atoms with Gasteiger partial charge in [0, 0.05) is 71.1 Å². The third-order valence-electron chi connectivity index (χ3n) is 10.4. The van der Waals surface area contributed by atoms with Gasteiger partial charge in [-0.3, -0.25) is 4.79 Å². The van der Waals surface area contributed by atoms with Gasteiger partial charge in [0.15, 0.2) is 0 Å². The van der Waals surface area contributed by atoms with Crippen LogP contribution < -0.4 is 14.4 Å². The lowest BCUT2D eigenvalue weighted by molar-refractivity contribution is 0.0687. The van der Waals surface area contributed by atoms with Crippen LogP contribution in [0.2, 0.25) is 10.0 Å². The Balaban J connectivity index is 1.39. The predicted octanol–water partition coefficient (Wildman–Crippen LogP) is 9.09. The quantitative estimate of drug-likeness (QED) is 0.122. The van der Waals surface area contributed by atoms with Crippen molar-refractivity contribution in [2.75, 3.05) is 38.4 Å². The standard InChI is InChI=1S/C42H43Cl2N5O6/c1-22-15-28(16-23(2)37(22)44)54-12-8-9-30-31-10-11-32(43)36(35-25(4)45-21-46-26(35)5)39(31)49-24(3)20-48(41(50)40(30)49)33-19-29(55-14-13-53-7)17-27-18-34(42(51)52)47(6)38(27)33/h10-11,15-19,21,24H,8-9,12-14,20H2,1-7H3,(H,51,52)/t24-/m1/s1. The van der Waals surface area contributed by atoms with Crippen molar-refractivity contribution in [1.29, 1.82) is 0 Å². The average Bonchev–Trinajstić information content (AvgIpc) is 3.66. The van der Waals surface area contributed by atoms with E-state index in [9.17, 15) is 9.90 Å². The molecule has 11 nitrogen and oxygen atoms in total. The van der Waals surface area contributed by atoms with Gasteiger partial charge in [-0.25, -0.2) is 14.8 Å². The van der Waals surface area contributed by atoms with Crippen LogP contribution in [0.25, 0.3) is 32.9 Å².